The van der Waals surface area contributed by atoms with Gasteiger partial charge in [0.2, 0.25) is 0 Å². The fourth-order valence-corrected chi connectivity index (χ4v) is 2.58. The summed E-state index contributed by atoms with van der Waals surface area (Å²) in [4.78, 5) is 35.9. The number of nitrogens with zero attached hydrogens (tertiary/aromatic N) is 1. The molecule has 2 aromatic rings. The van der Waals surface area contributed by atoms with Crippen LogP contribution in [0.25, 0.3) is 0 Å². The van der Waals surface area contributed by atoms with Crippen LogP contribution < -0.4 is 11.3 Å². The molecule has 0 aliphatic rings. The minimum absolute atomic E-state index is 0.105. The SMILES string of the molecule is CCc1cn(CC(=O)O)c(=O)c(C(=O)CCc2ccccc2)c1N. The second kappa shape index (κ2) is 7.59. The van der Waals surface area contributed by atoms with Crippen molar-refractivity contribution in [1.29, 1.82) is 0 Å². The molecular weight excluding hydrogens is 308 g/mol. The third-order valence-corrected chi connectivity index (χ3v) is 3.85. The number of aliphatic carboxylic acids is 1. The van der Waals surface area contributed by atoms with Gasteiger partial charge in [0.05, 0.1) is 5.69 Å². The molecule has 1 aromatic carbocycles. The number of pyridine rings is 1. The van der Waals surface area contributed by atoms with Gasteiger partial charge in [-0.3, -0.25) is 14.4 Å². The Kier molecular flexibility index (Phi) is 5.52. The van der Waals surface area contributed by atoms with Crippen LogP contribution in [0, 0.1) is 0 Å². The van der Waals surface area contributed by atoms with Crippen molar-refractivity contribution in [3.05, 3.63) is 63.6 Å². The fraction of sp³-hybridized carbons (Fsp3) is 0.278. The number of carboxylic acid groups (broad SMARTS) is 1. The molecule has 0 unspecified atom stereocenters. The number of ketones is 1. The van der Waals surface area contributed by atoms with E-state index in [0.717, 1.165) is 10.1 Å². The van der Waals surface area contributed by atoms with Gasteiger partial charge in [-0.15, -0.1) is 0 Å². The van der Waals surface area contributed by atoms with Crippen molar-refractivity contribution in [2.75, 3.05) is 5.73 Å². The van der Waals surface area contributed by atoms with E-state index in [1.807, 2.05) is 37.3 Å². The zero-order chi connectivity index (χ0) is 17.7. The Labute approximate surface area is 139 Å². The van der Waals surface area contributed by atoms with E-state index in [2.05, 4.69) is 0 Å². The lowest BCUT2D eigenvalue weighted by molar-refractivity contribution is -0.137. The molecule has 0 aliphatic heterocycles. The van der Waals surface area contributed by atoms with Crippen LogP contribution in [0.2, 0.25) is 0 Å². The maximum atomic E-state index is 12.5. The number of carbonyl (C=O) groups is 2. The number of aromatic nitrogens is 1. The highest BCUT2D eigenvalue weighted by molar-refractivity contribution is 6.01. The van der Waals surface area contributed by atoms with Crippen LogP contribution in [-0.4, -0.2) is 21.4 Å². The number of aryl methyl sites for hydroxylation is 2. The number of nitrogen functional groups attached to an aromatic ring is 1. The molecule has 0 fully saturated rings. The molecule has 0 bridgehead atoms. The van der Waals surface area contributed by atoms with Gasteiger partial charge in [0.15, 0.2) is 5.78 Å². The smallest absolute Gasteiger partial charge is 0.323 e. The predicted molar refractivity (Wildman–Crippen MR) is 91.2 cm³/mol. The number of nitrogens with two attached hydrogens (primary N) is 1. The molecule has 126 valence electrons. The van der Waals surface area contributed by atoms with Crippen LogP contribution in [0.15, 0.2) is 41.3 Å². The van der Waals surface area contributed by atoms with E-state index >= 15 is 0 Å². The highest BCUT2D eigenvalue weighted by atomic mass is 16.4. The maximum absolute atomic E-state index is 12.5. The largest absolute Gasteiger partial charge is 0.480 e. The Morgan fingerprint density at radius 2 is 1.88 bits per heavy atom. The Morgan fingerprint density at radius 1 is 1.21 bits per heavy atom. The van der Waals surface area contributed by atoms with Crippen LogP contribution >= 0.6 is 0 Å². The van der Waals surface area contributed by atoms with Gasteiger partial charge in [0.1, 0.15) is 12.1 Å². The second-order valence-electron chi connectivity index (χ2n) is 5.53. The lowest BCUT2D eigenvalue weighted by Gasteiger charge is -2.13. The van der Waals surface area contributed by atoms with Crippen LogP contribution in [0.3, 0.4) is 0 Å². The van der Waals surface area contributed by atoms with Crippen molar-refractivity contribution in [1.82, 2.24) is 4.57 Å². The summed E-state index contributed by atoms with van der Waals surface area (Å²) in [6.45, 7) is 1.34. The molecule has 0 atom stereocenters. The summed E-state index contributed by atoms with van der Waals surface area (Å²) in [5, 5.41) is 8.93. The molecule has 6 heteroatoms. The second-order valence-corrected chi connectivity index (χ2v) is 5.53. The topological polar surface area (TPSA) is 102 Å². The molecule has 3 N–H and O–H groups in total. The molecule has 0 radical (unpaired) electrons. The van der Waals surface area contributed by atoms with Gasteiger partial charge in [-0.25, -0.2) is 0 Å². The summed E-state index contributed by atoms with van der Waals surface area (Å²) in [5.41, 5.74) is 6.97. The van der Waals surface area contributed by atoms with Crippen molar-refractivity contribution >= 4 is 17.4 Å². The van der Waals surface area contributed by atoms with E-state index in [4.69, 9.17) is 10.8 Å². The monoisotopic (exact) mass is 328 g/mol. The molecule has 1 aromatic heterocycles. The summed E-state index contributed by atoms with van der Waals surface area (Å²) >= 11 is 0. The fourth-order valence-electron chi connectivity index (χ4n) is 2.58. The average Bonchev–Trinajstić information content (AvgIpc) is 2.56. The maximum Gasteiger partial charge on any atom is 0.323 e. The minimum atomic E-state index is -1.15. The van der Waals surface area contributed by atoms with E-state index in [9.17, 15) is 14.4 Å². The average molecular weight is 328 g/mol. The number of Topliss-reactive ketones (excluding diaryl/α,β-unsaturated/α-hetero) is 1. The van der Waals surface area contributed by atoms with E-state index in [0.29, 0.717) is 18.4 Å². The third kappa shape index (κ3) is 3.90. The van der Waals surface area contributed by atoms with Crippen molar-refractivity contribution < 1.29 is 14.7 Å². The standard InChI is InChI=1S/C18H20N2O4/c1-2-13-10-20(11-15(22)23)18(24)16(17(13)19)14(21)9-8-12-6-4-3-5-7-12/h3-7,10H,2,8-9,11,19H2,1H3,(H,22,23). The van der Waals surface area contributed by atoms with Crippen molar-refractivity contribution in [3.63, 3.8) is 0 Å². The summed E-state index contributed by atoms with van der Waals surface area (Å²) in [6.07, 6.45) is 2.56. The molecule has 0 amide bonds. The van der Waals surface area contributed by atoms with Crippen molar-refractivity contribution in [3.8, 4) is 0 Å². The normalized spacial score (nSPS) is 10.5. The summed E-state index contributed by atoms with van der Waals surface area (Å²) in [5.74, 6) is -1.51. The number of hydrogen-bond acceptors (Lipinski definition) is 4. The number of hydrogen-bond donors (Lipinski definition) is 2. The lowest BCUT2D eigenvalue weighted by atomic mass is 10.00. The first-order chi connectivity index (χ1) is 11.4. The van der Waals surface area contributed by atoms with Gasteiger partial charge in [-0.2, -0.15) is 0 Å². The first-order valence-electron chi connectivity index (χ1n) is 7.74. The summed E-state index contributed by atoms with van der Waals surface area (Å²) < 4.78 is 1.03. The Balaban J connectivity index is 2.35. The first kappa shape index (κ1) is 17.5. The molecule has 1 heterocycles. The van der Waals surface area contributed by atoms with E-state index in [1.165, 1.54) is 6.20 Å². The molecule has 0 aliphatic carbocycles. The first-order valence-corrected chi connectivity index (χ1v) is 7.74. The molecule has 24 heavy (non-hydrogen) atoms. The number of rotatable bonds is 7. The Bertz CT molecular complexity index is 810. The zero-order valence-corrected chi connectivity index (χ0v) is 13.5. The summed E-state index contributed by atoms with van der Waals surface area (Å²) in [7, 11) is 0. The minimum Gasteiger partial charge on any atom is -0.480 e. The molecule has 0 saturated carbocycles. The molecule has 2 rings (SSSR count). The van der Waals surface area contributed by atoms with E-state index < -0.39 is 18.1 Å². The molecule has 6 nitrogen and oxygen atoms in total. The molecule has 0 spiro atoms. The van der Waals surface area contributed by atoms with E-state index in [-0.39, 0.29) is 23.5 Å². The quantitative estimate of drug-likeness (QED) is 0.756. The zero-order valence-electron chi connectivity index (χ0n) is 13.5. The Hall–Kier alpha value is -2.89. The molecular formula is C18H20N2O4. The van der Waals surface area contributed by atoms with Crippen molar-refractivity contribution in [2.24, 2.45) is 0 Å². The predicted octanol–water partition coefficient (Wildman–Crippen LogP) is 1.89. The number of benzene rings is 1. The van der Waals surface area contributed by atoms with E-state index in [1.54, 1.807) is 0 Å². The third-order valence-electron chi connectivity index (χ3n) is 3.85. The summed E-state index contributed by atoms with van der Waals surface area (Å²) in [6, 6.07) is 9.46. The number of carboxylic acids is 1. The van der Waals surface area contributed by atoms with Gasteiger partial charge in [0, 0.05) is 12.6 Å². The van der Waals surface area contributed by atoms with Crippen LogP contribution in [0.4, 0.5) is 5.69 Å². The van der Waals surface area contributed by atoms with Crippen LogP contribution in [0.1, 0.15) is 34.8 Å². The van der Waals surface area contributed by atoms with Gasteiger partial charge in [-0.1, -0.05) is 37.3 Å². The number of carbonyl (C=O) groups excluding carboxylic acids is 1. The van der Waals surface area contributed by atoms with Crippen LogP contribution in [-0.2, 0) is 24.2 Å². The highest BCUT2D eigenvalue weighted by Gasteiger charge is 2.20. The van der Waals surface area contributed by atoms with Gasteiger partial charge < -0.3 is 15.4 Å². The number of anilines is 1. The van der Waals surface area contributed by atoms with Crippen molar-refractivity contribution in [2.45, 2.75) is 32.7 Å². The lowest BCUT2D eigenvalue weighted by Crippen LogP contribution is -2.31. The van der Waals surface area contributed by atoms with Gasteiger partial charge in [-0.05, 0) is 24.0 Å². The van der Waals surface area contributed by atoms with Crippen LogP contribution in [0.5, 0.6) is 0 Å². The van der Waals surface area contributed by atoms with Gasteiger partial charge >= 0.3 is 5.97 Å². The Morgan fingerprint density at radius 3 is 2.46 bits per heavy atom. The van der Waals surface area contributed by atoms with Gasteiger partial charge in [0.25, 0.3) is 5.56 Å². The highest BCUT2D eigenvalue weighted by Crippen LogP contribution is 2.17. The molecule has 0 saturated heterocycles.